The van der Waals surface area contributed by atoms with Crippen molar-refractivity contribution in [2.45, 2.75) is 12.5 Å². The van der Waals surface area contributed by atoms with E-state index in [1.165, 1.54) is 5.56 Å². The van der Waals surface area contributed by atoms with Crippen LogP contribution < -0.4 is 5.01 Å². The predicted octanol–water partition coefficient (Wildman–Crippen LogP) is 2.44. The second kappa shape index (κ2) is 5.24. The Kier molecular flexibility index (Phi) is 3.29. The lowest BCUT2D eigenvalue weighted by molar-refractivity contribution is 0.264. The van der Waals surface area contributed by atoms with Crippen LogP contribution in [0.4, 0.5) is 5.69 Å². The lowest BCUT2D eigenvalue weighted by Crippen LogP contribution is -2.30. The first-order valence-electron chi connectivity index (χ1n) is 6.45. The summed E-state index contributed by atoms with van der Waals surface area (Å²) in [4.78, 5) is 0. The number of hydrogen-bond acceptors (Lipinski definition) is 3. The van der Waals surface area contributed by atoms with Crippen molar-refractivity contribution >= 4 is 11.9 Å². The average molecular weight is 252 g/mol. The van der Waals surface area contributed by atoms with Crippen LogP contribution >= 0.6 is 0 Å². The number of hydrazone groups is 1. The Morgan fingerprint density at radius 1 is 1.11 bits per heavy atom. The number of benzene rings is 2. The maximum absolute atomic E-state index is 9.49. The number of hydrogen-bond donors (Lipinski definition) is 1. The molecular formula is C16H16N2O. The van der Waals surface area contributed by atoms with Crippen molar-refractivity contribution in [1.82, 2.24) is 0 Å². The number of anilines is 1. The summed E-state index contributed by atoms with van der Waals surface area (Å²) in [6.07, 6.45) is 2.68. The van der Waals surface area contributed by atoms with Crippen molar-refractivity contribution in [3.8, 4) is 0 Å². The number of fused-ring (bicyclic) bond motifs is 1. The van der Waals surface area contributed by atoms with Gasteiger partial charge in [0.05, 0.1) is 24.6 Å². The summed E-state index contributed by atoms with van der Waals surface area (Å²) in [5.41, 5.74) is 3.39. The lowest BCUT2D eigenvalue weighted by Gasteiger charge is -2.20. The molecule has 3 nitrogen and oxygen atoms in total. The molecule has 1 heterocycles. The maximum Gasteiger partial charge on any atom is 0.0797 e. The second-order valence-corrected chi connectivity index (χ2v) is 4.67. The van der Waals surface area contributed by atoms with Crippen molar-refractivity contribution < 1.29 is 5.11 Å². The van der Waals surface area contributed by atoms with Crippen molar-refractivity contribution in [2.75, 3.05) is 11.6 Å². The molecular weight excluding hydrogens is 236 g/mol. The fourth-order valence-corrected chi connectivity index (χ4v) is 2.41. The molecule has 2 aromatic carbocycles. The second-order valence-electron chi connectivity index (χ2n) is 4.67. The number of aliphatic hydroxyl groups is 1. The Morgan fingerprint density at radius 2 is 1.84 bits per heavy atom. The molecule has 0 bridgehead atoms. The summed E-state index contributed by atoms with van der Waals surface area (Å²) in [5, 5.41) is 15.9. The van der Waals surface area contributed by atoms with Gasteiger partial charge in [0.2, 0.25) is 0 Å². The number of rotatable bonds is 3. The quantitative estimate of drug-likeness (QED) is 0.852. The molecule has 0 aromatic heterocycles. The number of aliphatic hydroxyl groups excluding tert-OH is 1. The summed E-state index contributed by atoms with van der Waals surface area (Å²) in [5.74, 6) is 0. The molecule has 0 amide bonds. The largest absolute Gasteiger partial charge is 0.394 e. The third-order valence-electron chi connectivity index (χ3n) is 3.38. The van der Waals surface area contributed by atoms with Crippen LogP contribution in [0.15, 0.2) is 59.7 Å². The van der Waals surface area contributed by atoms with Crippen LogP contribution in [-0.2, 0) is 6.42 Å². The van der Waals surface area contributed by atoms with Gasteiger partial charge in [-0.2, -0.15) is 5.10 Å². The van der Waals surface area contributed by atoms with E-state index in [2.05, 4.69) is 11.2 Å². The van der Waals surface area contributed by atoms with Gasteiger partial charge in [-0.15, -0.1) is 0 Å². The zero-order valence-corrected chi connectivity index (χ0v) is 10.6. The Bertz CT molecular complexity index is 580. The van der Waals surface area contributed by atoms with Crippen LogP contribution in [0.25, 0.3) is 0 Å². The molecule has 0 spiro atoms. The highest BCUT2D eigenvalue weighted by molar-refractivity contribution is 5.80. The van der Waals surface area contributed by atoms with Gasteiger partial charge in [-0.1, -0.05) is 48.5 Å². The molecule has 0 fully saturated rings. The molecule has 19 heavy (non-hydrogen) atoms. The standard InChI is InChI=1S/C16H16N2O/c19-12-15-10-14-8-4-5-9-16(14)18(15)17-11-13-6-2-1-3-7-13/h1-9,11,15,19H,10,12H2/b17-11+. The van der Waals surface area contributed by atoms with Gasteiger partial charge in [-0.25, -0.2) is 0 Å². The Labute approximate surface area is 112 Å². The first-order chi connectivity index (χ1) is 9.38. The van der Waals surface area contributed by atoms with Gasteiger partial charge in [0.1, 0.15) is 0 Å². The van der Waals surface area contributed by atoms with E-state index in [1.807, 2.05) is 59.8 Å². The Hall–Kier alpha value is -2.13. The van der Waals surface area contributed by atoms with Gasteiger partial charge in [0.25, 0.3) is 0 Å². The van der Waals surface area contributed by atoms with Gasteiger partial charge >= 0.3 is 0 Å². The maximum atomic E-state index is 9.49. The smallest absolute Gasteiger partial charge is 0.0797 e. The minimum atomic E-state index is 0.0392. The SMILES string of the molecule is OCC1Cc2ccccc2N1/N=C/c1ccccc1. The monoisotopic (exact) mass is 252 g/mol. The molecule has 0 saturated carbocycles. The van der Waals surface area contributed by atoms with E-state index in [4.69, 9.17) is 0 Å². The van der Waals surface area contributed by atoms with Crippen molar-refractivity contribution in [3.05, 3.63) is 65.7 Å². The molecule has 96 valence electrons. The van der Waals surface area contributed by atoms with Gasteiger partial charge in [-0.3, -0.25) is 5.01 Å². The van der Waals surface area contributed by atoms with E-state index >= 15 is 0 Å². The zero-order valence-electron chi connectivity index (χ0n) is 10.6. The highest BCUT2D eigenvalue weighted by Gasteiger charge is 2.27. The highest BCUT2D eigenvalue weighted by Crippen LogP contribution is 2.31. The van der Waals surface area contributed by atoms with Crippen molar-refractivity contribution in [3.63, 3.8) is 0 Å². The van der Waals surface area contributed by atoms with Crippen LogP contribution in [-0.4, -0.2) is 24.0 Å². The highest BCUT2D eigenvalue weighted by atomic mass is 16.3. The van der Waals surface area contributed by atoms with Crippen LogP contribution in [0, 0.1) is 0 Å². The molecule has 0 saturated heterocycles. The van der Waals surface area contributed by atoms with Crippen molar-refractivity contribution in [2.24, 2.45) is 5.10 Å². The zero-order chi connectivity index (χ0) is 13.1. The van der Waals surface area contributed by atoms with Crippen LogP contribution in [0.1, 0.15) is 11.1 Å². The minimum Gasteiger partial charge on any atom is -0.394 e. The van der Waals surface area contributed by atoms with E-state index in [9.17, 15) is 5.11 Å². The fourth-order valence-electron chi connectivity index (χ4n) is 2.41. The summed E-state index contributed by atoms with van der Waals surface area (Å²) >= 11 is 0. The molecule has 1 aliphatic rings. The van der Waals surface area contributed by atoms with Gasteiger partial charge in [-0.05, 0) is 23.6 Å². The summed E-state index contributed by atoms with van der Waals surface area (Å²) < 4.78 is 0. The molecule has 1 N–H and O–H groups in total. The van der Waals surface area contributed by atoms with Crippen LogP contribution in [0.5, 0.6) is 0 Å². The third kappa shape index (κ3) is 2.37. The van der Waals surface area contributed by atoms with Crippen molar-refractivity contribution in [1.29, 1.82) is 0 Å². The molecule has 3 heteroatoms. The molecule has 1 unspecified atom stereocenters. The first-order valence-corrected chi connectivity index (χ1v) is 6.45. The van der Waals surface area contributed by atoms with E-state index in [-0.39, 0.29) is 12.6 Å². The van der Waals surface area contributed by atoms with E-state index in [0.29, 0.717) is 0 Å². The van der Waals surface area contributed by atoms with Gasteiger partial charge < -0.3 is 5.11 Å². The molecule has 1 atom stereocenters. The summed E-state index contributed by atoms with van der Waals surface area (Å²) in [6, 6.07) is 18.2. The molecule has 1 aliphatic heterocycles. The Balaban J connectivity index is 1.88. The van der Waals surface area contributed by atoms with Crippen LogP contribution in [0.2, 0.25) is 0 Å². The number of para-hydroxylation sites is 1. The normalized spacial score (nSPS) is 17.9. The van der Waals surface area contributed by atoms with Gasteiger partial charge in [0, 0.05) is 0 Å². The minimum absolute atomic E-state index is 0.0392. The van der Waals surface area contributed by atoms with E-state index in [0.717, 1.165) is 17.7 Å². The van der Waals surface area contributed by atoms with Crippen LogP contribution in [0.3, 0.4) is 0 Å². The fraction of sp³-hybridized carbons (Fsp3) is 0.188. The lowest BCUT2D eigenvalue weighted by atomic mass is 10.1. The molecule has 0 aliphatic carbocycles. The van der Waals surface area contributed by atoms with Gasteiger partial charge in [0.15, 0.2) is 0 Å². The molecule has 3 rings (SSSR count). The molecule has 0 radical (unpaired) electrons. The molecule has 2 aromatic rings. The topological polar surface area (TPSA) is 35.8 Å². The predicted molar refractivity (Wildman–Crippen MR) is 77.5 cm³/mol. The summed E-state index contributed by atoms with van der Waals surface area (Å²) in [6.45, 7) is 0.112. The average Bonchev–Trinajstić information content (AvgIpc) is 2.84. The first kappa shape index (κ1) is 11.9. The van der Waals surface area contributed by atoms with E-state index in [1.54, 1.807) is 0 Å². The third-order valence-corrected chi connectivity index (χ3v) is 3.38. The summed E-state index contributed by atoms with van der Waals surface area (Å²) in [7, 11) is 0. The Morgan fingerprint density at radius 3 is 2.63 bits per heavy atom. The van der Waals surface area contributed by atoms with E-state index < -0.39 is 0 Å². The number of nitrogens with zero attached hydrogens (tertiary/aromatic N) is 2.